The zero-order valence-corrected chi connectivity index (χ0v) is 20.2. The van der Waals surface area contributed by atoms with Gasteiger partial charge in [-0.1, -0.05) is 30.3 Å². The molecule has 180 valence electrons. The van der Waals surface area contributed by atoms with Crippen molar-refractivity contribution < 1.29 is 14.3 Å². The maximum Gasteiger partial charge on any atom is 0.273 e. The Morgan fingerprint density at radius 3 is 2.49 bits per heavy atom. The number of carbonyl (C=O) groups is 2. The molecule has 3 heterocycles. The SMILES string of the molecule is COc1ccc(CC(=O)N2CCC(N3C(=O)c4c(c(C)nn4-c4ccccc4)C3C3CC3)C2)cc1. The van der Waals surface area contributed by atoms with Crippen molar-refractivity contribution in [1.29, 1.82) is 0 Å². The van der Waals surface area contributed by atoms with Crippen molar-refractivity contribution in [2.45, 2.75) is 44.7 Å². The van der Waals surface area contributed by atoms with Crippen LogP contribution in [0.15, 0.2) is 54.6 Å². The second-order valence-corrected chi connectivity index (χ2v) is 9.90. The minimum Gasteiger partial charge on any atom is -0.497 e. The number of amides is 2. The zero-order chi connectivity index (χ0) is 24.1. The lowest BCUT2D eigenvalue weighted by Gasteiger charge is -2.31. The molecule has 3 aromatic rings. The third kappa shape index (κ3) is 3.79. The van der Waals surface area contributed by atoms with E-state index in [-0.39, 0.29) is 23.9 Å². The van der Waals surface area contributed by atoms with Gasteiger partial charge in [0.1, 0.15) is 11.4 Å². The molecule has 1 aromatic heterocycles. The van der Waals surface area contributed by atoms with Crippen LogP contribution in [0, 0.1) is 12.8 Å². The number of methoxy groups -OCH3 is 1. The number of aryl methyl sites for hydroxylation is 1. The molecule has 2 amide bonds. The van der Waals surface area contributed by atoms with Crippen LogP contribution < -0.4 is 4.74 Å². The van der Waals surface area contributed by atoms with Gasteiger partial charge in [-0.3, -0.25) is 9.59 Å². The molecule has 1 saturated heterocycles. The molecular formula is C28H30N4O3. The fourth-order valence-corrected chi connectivity index (χ4v) is 5.74. The summed E-state index contributed by atoms with van der Waals surface area (Å²) < 4.78 is 7.04. The minimum atomic E-state index is 0.0314. The summed E-state index contributed by atoms with van der Waals surface area (Å²) in [6.07, 6.45) is 3.44. The summed E-state index contributed by atoms with van der Waals surface area (Å²) in [4.78, 5) is 31.0. The maximum atomic E-state index is 13.9. The Hall–Kier alpha value is -3.61. The Morgan fingerprint density at radius 2 is 1.80 bits per heavy atom. The van der Waals surface area contributed by atoms with Crippen LogP contribution in [-0.2, 0) is 11.2 Å². The summed E-state index contributed by atoms with van der Waals surface area (Å²) in [6, 6.07) is 17.6. The highest BCUT2D eigenvalue weighted by molar-refractivity contribution is 5.99. The number of hydrogen-bond acceptors (Lipinski definition) is 4. The zero-order valence-electron chi connectivity index (χ0n) is 20.2. The van der Waals surface area contributed by atoms with Crippen molar-refractivity contribution in [3.8, 4) is 11.4 Å². The van der Waals surface area contributed by atoms with Crippen molar-refractivity contribution in [1.82, 2.24) is 19.6 Å². The van der Waals surface area contributed by atoms with Crippen LogP contribution in [0.2, 0.25) is 0 Å². The number of hydrogen-bond donors (Lipinski definition) is 0. The number of likely N-dealkylation sites (tertiary alicyclic amines) is 1. The number of carbonyl (C=O) groups excluding carboxylic acids is 2. The highest BCUT2D eigenvalue weighted by Crippen LogP contribution is 2.52. The summed E-state index contributed by atoms with van der Waals surface area (Å²) in [7, 11) is 1.64. The van der Waals surface area contributed by atoms with Gasteiger partial charge in [-0.15, -0.1) is 0 Å². The molecule has 0 N–H and O–H groups in total. The molecule has 7 heteroatoms. The Morgan fingerprint density at radius 1 is 1.06 bits per heavy atom. The summed E-state index contributed by atoms with van der Waals surface area (Å²) >= 11 is 0. The average molecular weight is 471 g/mol. The van der Waals surface area contributed by atoms with E-state index in [4.69, 9.17) is 9.84 Å². The van der Waals surface area contributed by atoms with Crippen molar-refractivity contribution in [3.63, 3.8) is 0 Å². The highest BCUT2D eigenvalue weighted by atomic mass is 16.5. The Balaban J connectivity index is 1.23. The summed E-state index contributed by atoms with van der Waals surface area (Å²) in [5.41, 5.74) is 4.60. The lowest BCUT2D eigenvalue weighted by molar-refractivity contribution is -0.129. The highest BCUT2D eigenvalue weighted by Gasteiger charge is 2.52. The third-order valence-corrected chi connectivity index (χ3v) is 7.63. The van der Waals surface area contributed by atoms with Gasteiger partial charge < -0.3 is 14.5 Å². The molecule has 1 aliphatic carbocycles. The first-order valence-electron chi connectivity index (χ1n) is 12.4. The van der Waals surface area contributed by atoms with E-state index in [9.17, 15) is 9.59 Å². The number of fused-ring (bicyclic) bond motifs is 1. The summed E-state index contributed by atoms with van der Waals surface area (Å²) in [5.74, 6) is 1.42. The first-order valence-corrected chi connectivity index (χ1v) is 12.4. The number of aromatic nitrogens is 2. The molecule has 2 unspecified atom stereocenters. The van der Waals surface area contributed by atoms with Gasteiger partial charge in [-0.05, 0) is 61.9 Å². The molecule has 2 aromatic carbocycles. The van der Waals surface area contributed by atoms with Crippen LogP contribution in [0.3, 0.4) is 0 Å². The molecule has 1 saturated carbocycles. The van der Waals surface area contributed by atoms with Gasteiger partial charge in [0, 0.05) is 18.7 Å². The maximum absolute atomic E-state index is 13.9. The van der Waals surface area contributed by atoms with E-state index in [0.29, 0.717) is 31.1 Å². The first-order chi connectivity index (χ1) is 17.0. The number of nitrogens with zero attached hydrogens (tertiary/aromatic N) is 4. The van der Waals surface area contributed by atoms with Crippen molar-refractivity contribution in [2.24, 2.45) is 5.92 Å². The predicted octanol–water partition coefficient (Wildman–Crippen LogP) is 3.94. The van der Waals surface area contributed by atoms with Gasteiger partial charge in [0.05, 0.1) is 37.0 Å². The topological polar surface area (TPSA) is 67.7 Å². The van der Waals surface area contributed by atoms with E-state index in [1.807, 2.05) is 71.1 Å². The van der Waals surface area contributed by atoms with Gasteiger partial charge in [0.2, 0.25) is 5.91 Å². The Kier molecular flexibility index (Phi) is 5.35. The van der Waals surface area contributed by atoms with E-state index in [1.165, 1.54) is 0 Å². The molecule has 2 aliphatic heterocycles. The van der Waals surface area contributed by atoms with Crippen LogP contribution in [0.1, 0.15) is 52.6 Å². The van der Waals surface area contributed by atoms with Gasteiger partial charge in [0.15, 0.2) is 0 Å². The Labute approximate surface area is 205 Å². The largest absolute Gasteiger partial charge is 0.497 e. The minimum absolute atomic E-state index is 0.0314. The molecular weight excluding hydrogens is 440 g/mol. The van der Waals surface area contributed by atoms with E-state index < -0.39 is 0 Å². The van der Waals surface area contributed by atoms with Crippen LogP contribution in [0.5, 0.6) is 5.75 Å². The molecule has 3 aliphatic rings. The monoisotopic (exact) mass is 470 g/mol. The molecule has 7 nitrogen and oxygen atoms in total. The van der Waals surface area contributed by atoms with E-state index >= 15 is 0 Å². The molecule has 35 heavy (non-hydrogen) atoms. The van der Waals surface area contributed by atoms with Crippen LogP contribution in [-0.4, -0.2) is 57.6 Å². The number of benzene rings is 2. The summed E-state index contributed by atoms with van der Waals surface area (Å²) in [5, 5.41) is 4.77. The molecule has 6 rings (SSSR count). The fraction of sp³-hybridized carbons (Fsp3) is 0.393. The number of para-hydroxylation sites is 1. The van der Waals surface area contributed by atoms with E-state index in [1.54, 1.807) is 7.11 Å². The lowest BCUT2D eigenvalue weighted by Crippen LogP contribution is -2.42. The molecule has 2 fully saturated rings. The van der Waals surface area contributed by atoms with Gasteiger partial charge in [0.25, 0.3) is 5.91 Å². The van der Waals surface area contributed by atoms with Gasteiger partial charge in [-0.2, -0.15) is 5.10 Å². The number of rotatable bonds is 6. The van der Waals surface area contributed by atoms with Crippen LogP contribution in [0.4, 0.5) is 0 Å². The Bertz CT molecular complexity index is 1260. The fourth-order valence-electron chi connectivity index (χ4n) is 5.74. The van der Waals surface area contributed by atoms with Crippen LogP contribution >= 0.6 is 0 Å². The molecule has 0 spiro atoms. The standard InChI is InChI=1S/C28H30N4O3/c1-18-25-26(20-10-11-20)31(28(34)27(25)32(29-18)21-6-4-3-5-7-21)22-14-15-30(17-22)24(33)16-19-8-12-23(35-2)13-9-19/h3-9,12-13,20,22,26H,10-11,14-17H2,1-2H3. The average Bonchev–Trinajstić information content (AvgIpc) is 3.37. The lowest BCUT2D eigenvalue weighted by atomic mass is 10.0. The van der Waals surface area contributed by atoms with Crippen molar-refractivity contribution >= 4 is 11.8 Å². The predicted molar refractivity (Wildman–Crippen MR) is 132 cm³/mol. The van der Waals surface area contributed by atoms with Gasteiger partial charge in [-0.25, -0.2) is 4.68 Å². The molecule has 0 bridgehead atoms. The van der Waals surface area contributed by atoms with E-state index in [2.05, 4.69) is 4.90 Å². The van der Waals surface area contributed by atoms with Gasteiger partial charge >= 0.3 is 0 Å². The summed E-state index contributed by atoms with van der Waals surface area (Å²) in [6.45, 7) is 3.29. The smallest absolute Gasteiger partial charge is 0.273 e. The first kappa shape index (κ1) is 21.9. The van der Waals surface area contributed by atoms with Crippen LogP contribution in [0.25, 0.3) is 5.69 Å². The molecule has 0 radical (unpaired) electrons. The van der Waals surface area contributed by atoms with Crippen molar-refractivity contribution in [3.05, 3.63) is 77.1 Å². The van der Waals surface area contributed by atoms with E-state index in [0.717, 1.165) is 47.5 Å². The third-order valence-electron chi connectivity index (χ3n) is 7.63. The van der Waals surface area contributed by atoms with Crippen molar-refractivity contribution in [2.75, 3.05) is 20.2 Å². The quantitative estimate of drug-likeness (QED) is 0.547. The molecule has 2 atom stereocenters. The second-order valence-electron chi connectivity index (χ2n) is 9.90. The normalized spacial score (nSPS) is 21.5. The second kappa shape index (κ2) is 8.56. The number of ether oxygens (including phenoxy) is 1.